The van der Waals surface area contributed by atoms with Crippen molar-refractivity contribution in [2.45, 2.75) is 37.5 Å². The minimum atomic E-state index is -3.53. The van der Waals surface area contributed by atoms with Gasteiger partial charge in [0.15, 0.2) is 0 Å². The van der Waals surface area contributed by atoms with Gasteiger partial charge in [-0.15, -0.1) is 0 Å². The molecule has 0 aliphatic carbocycles. The molecule has 2 aromatic rings. The Hall–Kier alpha value is -1.57. The predicted octanol–water partition coefficient (Wildman–Crippen LogP) is 3.76. The summed E-state index contributed by atoms with van der Waals surface area (Å²) in [6, 6.07) is 9.03. The van der Waals surface area contributed by atoms with Gasteiger partial charge in [0, 0.05) is 42.3 Å². The number of hydrogen-bond acceptors (Lipinski definition) is 4. The number of piperidine rings is 1. The molecule has 0 atom stereocenters. The molecule has 1 fully saturated rings. The summed E-state index contributed by atoms with van der Waals surface area (Å²) in [5, 5.41) is 0. The number of pyridine rings is 1. The van der Waals surface area contributed by atoms with Gasteiger partial charge in [0.1, 0.15) is 5.78 Å². The minimum Gasteiger partial charge on any atom is -0.299 e. The van der Waals surface area contributed by atoms with E-state index < -0.39 is 10.0 Å². The van der Waals surface area contributed by atoms with Crippen LogP contribution in [0.3, 0.4) is 0 Å². The number of aromatic nitrogens is 1. The molecule has 7 heteroatoms. The Morgan fingerprint density at radius 1 is 1.26 bits per heavy atom. The number of halogens is 1. The van der Waals surface area contributed by atoms with Crippen LogP contribution in [0.5, 0.6) is 0 Å². The number of rotatable bonds is 6. The average molecular weight is 451 g/mol. The van der Waals surface area contributed by atoms with Crippen molar-refractivity contribution in [1.29, 1.82) is 0 Å². The van der Waals surface area contributed by atoms with Crippen LogP contribution in [0.25, 0.3) is 0 Å². The van der Waals surface area contributed by atoms with Crippen LogP contribution in [0.4, 0.5) is 0 Å². The fourth-order valence-corrected chi connectivity index (χ4v) is 5.80. The van der Waals surface area contributed by atoms with E-state index in [0.717, 1.165) is 15.6 Å². The fraction of sp³-hybridized carbons (Fsp3) is 0.400. The van der Waals surface area contributed by atoms with E-state index in [2.05, 4.69) is 20.9 Å². The van der Waals surface area contributed by atoms with Gasteiger partial charge in [-0.05, 0) is 61.6 Å². The number of carbonyl (C=O) groups is 1. The van der Waals surface area contributed by atoms with Gasteiger partial charge >= 0.3 is 0 Å². The fourth-order valence-electron chi connectivity index (χ4n) is 3.44. The molecule has 3 rings (SSSR count). The van der Waals surface area contributed by atoms with Crippen LogP contribution in [0.1, 0.15) is 30.4 Å². The topological polar surface area (TPSA) is 67.3 Å². The van der Waals surface area contributed by atoms with Gasteiger partial charge in [0.05, 0.1) is 4.90 Å². The highest BCUT2D eigenvalue weighted by atomic mass is 79.9. The first-order valence-corrected chi connectivity index (χ1v) is 11.3. The molecule has 5 nitrogen and oxygen atoms in total. The summed E-state index contributed by atoms with van der Waals surface area (Å²) >= 11 is 3.36. The Kier molecular flexibility index (Phi) is 6.44. The van der Waals surface area contributed by atoms with Crippen LogP contribution in [0.15, 0.2) is 52.1 Å². The minimum absolute atomic E-state index is 0.0580. The Bertz CT molecular complexity index is 888. The van der Waals surface area contributed by atoms with Crippen molar-refractivity contribution >= 4 is 31.7 Å². The molecule has 144 valence electrons. The molecule has 0 spiro atoms. The SMILES string of the molecule is Cc1cc(Br)cc(S(=O)(=O)N2CCC(C(=O)CCc3cccnc3)CC2)c1. The molecule has 1 aliphatic rings. The second-order valence-corrected chi connectivity index (χ2v) is 9.82. The number of ketones is 1. The highest BCUT2D eigenvalue weighted by Crippen LogP contribution is 2.27. The van der Waals surface area contributed by atoms with Crippen molar-refractivity contribution in [2.75, 3.05) is 13.1 Å². The van der Waals surface area contributed by atoms with Crippen molar-refractivity contribution in [3.8, 4) is 0 Å². The monoisotopic (exact) mass is 450 g/mol. The Labute approximate surface area is 169 Å². The van der Waals surface area contributed by atoms with Crippen molar-refractivity contribution in [3.05, 3.63) is 58.3 Å². The third-order valence-corrected chi connectivity index (χ3v) is 7.28. The molecule has 2 heterocycles. The Morgan fingerprint density at radius 2 is 2.00 bits per heavy atom. The molecule has 1 aromatic carbocycles. The first-order valence-electron chi connectivity index (χ1n) is 9.05. The molecule has 1 aromatic heterocycles. The van der Waals surface area contributed by atoms with Gasteiger partial charge in [-0.1, -0.05) is 22.0 Å². The maximum Gasteiger partial charge on any atom is 0.243 e. The Balaban J connectivity index is 1.58. The molecule has 1 aliphatic heterocycles. The number of nitrogens with zero attached hydrogens (tertiary/aromatic N) is 2. The van der Waals surface area contributed by atoms with E-state index in [1.165, 1.54) is 4.31 Å². The number of benzene rings is 1. The van der Waals surface area contributed by atoms with Crippen molar-refractivity contribution in [2.24, 2.45) is 5.92 Å². The normalized spacial score (nSPS) is 16.4. The average Bonchev–Trinajstić information content (AvgIpc) is 2.66. The summed E-state index contributed by atoms with van der Waals surface area (Å²) < 4.78 is 28.0. The first-order chi connectivity index (χ1) is 12.9. The van der Waals surface area contributed by atoms with Gasteiger partial charge in [0.25, 0.3) is 0 Å². The zero-order valence-corrected chi connectivity index (χ0v) is 17.7. The van der Waals surface area contributed by atoms with E-state index in [4.69, 9.17) is 0 Å². The van der Waals surface area contributed by atoms with Crippen molar-refractivity contribution < 1.29 is 13.2 Å². The lowest BCUT2D eigenvalue weighted by atomic mass is 9.90. The Morgan fingerprint density at radius 3 is 2.63 bits per heavy atom. The van der Waals surface area contributed by atoms with Crippen LogP contribution in [0, 0.1) is 12.8 Å². The molecule has 0 N–H and O–H groups in total. The van der Waals surface area contributed by atoms with Crippen molar-refractivity contribution in [3.63, 3.8) is 0 Å². The quantitative estimate of drug-likeness (QED) is 0.671. The largest absolute Gasteiger partial charge is 0.299 e. The van der Waals surface area contributed by atoms with Crippen LogP contribution in [-0.2, 0) is 21.2 Å². The van der Waals surface area contributed by atoms with E-state index >= 15 is 0 Å². The molecular weight excluding hydrogens is 428 g/mol. The summed E-state index contributed by atoms with van der Waals surface area (Å²) in [6.07, 6.45) is 5.82. The van der Waals surface area contributed by atoms with Gasteiger partial charge in [-0.25, -0.2) is 8.42 Å². The van der Waals surface area contributed by atoms with E-state index in [-0.39, 0.29) is 11.7 Å². The lowest BCUT2D eigenvalue weighted by Crippen LogP contribution is -2.40. The summed E-state index contributed by atoms with van der Waals surface area (Å²) in [7, 11) is -3.53. The van der Waals surface area contributed by atoms with Gasteiger partial charge in [-0.2, -0.15) is 4.31 Å². The van der Waals surface area contributed by atoms with E-state index in [1.54, 1.807) is 24.5 Å². The summed E-state index contributed by atoms with van der Waals surface area (Å²) in [4.78, 5) is 16.9. The maximum atomic E-state index is 12.9. The number of aryl methyl sites for hydroxylation is 2. The van der Waals surface area contributed by atoms with Crippen LogP contribution in [0.2, 0.25) is 0 Å². The van der Waals surface area contributed by atoms with Crippen molar-refractivity contribution in [1.82, 2.24) is 9.29 Å². The molecular formula is C20H23BrN2O3S. The second-order valence-electron chi connectivity index (χ2n) is 6.97. The molecule has 0 saturated carbocycles. The van der Waals surface area contributed by atoms with Crippen LogP contribution >= 0.6 is 15.9 Å². The van der Waals surface area contributed by atoms with Gasteiger partial charge in [0.2, 0.25) is 10.0 Å². The summed E-state index contributed by atoms with van der Waals surface area (Å²) in [5.74, 6) is 0.159. The third-order valence-electron chi connectivity index (χ3n) is 4.95. The predicted molar refractivity (Wildman–Crippen MR) is 108 cm³/mol. The lowest BCUT2D eigenvalue weighted by Gasteiger charge is -2.30. The summed E-state index contributed by atoms with van der Waals surface area (Å²) in [5.41, 5.74) is 1.94. The van der Waals surface area contributed by atoms with E-state index in [0.29, 0.717) is 43.7 Å². The number of carbonyl (C=O) groups excluding carboxylic acids is 1. The van der Waals surface area contributed by atoms with Crippen LogP contribution < -0.4 is 0 Å². The molecule has 1 saturated heterocycles. The zero-order valence-electron chi connectivity index (χ0n) is 15.3. The molecule has 0 radical (unpaired) electrons. The smallest absolute Gasteiger partial charge is 0.243 e. The van der Waals surface area contributed by atoms with Gasteiger partial charge < -0.3 is 0 Å². The van der Waals surface area contributed by atoms with E-state index in [9.17, 15) is 13.2 Å². The highest BCUT2D eigenvalue weighted by Gasteiger charge is 2.32. The highest BCUT2D eigenvalue weighted by molar-refractivity contribution is 9.10. The van der Waals surface area contributed by atoms with E-state index in [1.807, 2.05) is 25.1 Å². The maximum absolute atomic E-state index is 12.9. The first kappa shape index (κ1) is 20.2. The molecule has 27 heavy (non-hydrogen) atoms. The third kappa shape index (κ3) is 5.03. The molecule has 0 amide bonds. The second kappa shape index (κ2) is 8.63. The zero-order chi connectivity index (χ0) is 19.4. The van der Waals surface area contributed by atoms with Gasteiger partial charge in [-0.3, -0.25) is 9.78 Å². The number of sulfonamides is 1. The summed E-state index contributed by atoms with van der Waals surface area (Å²) in [6.45, 7) is 2.64. The van der Waals surface area contributed by atoms with Crippen LogP contribution in [-0.4, -0.2) is 36.6 Å². The molecule has 0 bridgehead atoms. The lowest BCUT2D eigenvalue weighted by molar-refractivity contribution is -0.123. The molecule has 0 unspecified atom stereocenters. The number of hydrogen-bond donors (Lipinski definition) is 0. The number of Topliss-reactive ketones (excluding diaryl/α,β-unsaturated/α-hetero) is 1. The standard InChI is InChI=1S/C20H23BrN2O3S/c1-15-11-18(21)13-19(12-15)27(25,26)23-9-6-17(7-10-23)20(24)5-4-16-3-2-8-22-14-16/h2-3,8,11-14,17H,4-7,9-10H2,1H3.